The Morgan fingerprint density at radius 3 is 2.56 bits per heavy atom. The number of aromatic amines is 1. The van der Waals surface area contributed by atoms with E-state index in [9.17, 15) is 9.59 Å². The molecule has 0 aliphatic heterocycles. The SMILES string of the molecule is CCOC(=O)c1c[nH]c2cc(Br)c(Oc3ccc(Br)cc3)cc2c1=O. The van der Waals surface area contributed by atoms with E-state index in [2.05, 4.69) is 36.8 Å². The van der Waals surface area contributed by atoms with Crippen LogP contribution in [0.1, 0.15) is 17.3 Å². The van der Waals surface area contributed by atoms with Gasteiger partial charge in [-0.3, -0.25) is 4.79 Å². The molecule has 0 unspecified atom stereocenters. The van der Waals surface area contributed by atoms with Crippen molar-refractivity contribution in [3.05, 3.63) is 67.3 Å². The molecule has 128 valence electrons. The van der Waals surface area contributed by atoms with Crippen LogP contribution in [0.25, 0.3) is 10.9 Å². The molecule has 1 aromatic heterocycles. The highest BCUT2D eigenvalue weighted by molar-refractivity contribution is 9.10. The smallest absolute Gasteiger partial charge is 0.343 e. The summed E-state index contributed by atoms with van der Waals surface area (Å²) in [5.74, 6) is 0.450. The maximum absolute atomic E-state index is 12.6. The number of hydrogen-bond donors (Lipinski definition) is 1. The van der Waals surface area contributed by atoms with Gasteiger partial charge in [0.2, 0.25) is 5.43 Å². The van der Waals surface area contributed by atoms with Crippen LogP contribution in [0.4, 0.5) is 0 Å². The zero-order valence-corrected chi connectivity index (χ0v) is 16.3. The van der Waals surface area contributed by atoms with Crippen LogP contribution in [0.15, 0.2) is 56.3 Å². The minimum Gasteiger partial charge on any atom is -0.462 e. The van der Waals surface area contributed by atoms with Crippen molar-refractivity contribution in [3.8, 4) is 11.5 Å². The molecule has 0 saturated carbocycles. The Morgan fingerprint density at radius 2 is 1.88 bits per heavy atom. The second-order valence-corrected chi connectivity index (χ2v) is 6.91. The summed E-state index contributed by atoms with van der Waals surface area (Å²) in [6.07, 6.45) is 1.37. The summed E-state index contributed by atoms with van der Waals surface area (Å²) in [6, 6.07) is 10.7. The Morgan fingerprint density at radius 1 is 1.16 bits per heavy atom. The Balaban J connectivity index is 2.06. The Labute approximate surface area is 160 Å². The van der Waals surface area contributed by atoms with E-state index in [-0.39, 0.29) is 12.2 Å². The molecule has 3 rings (SSSR count). The highest BCUT2D eigenvalue weighted by atomic mass is 79.9. The predicted octanol–water partition coefficient (Wildman–Crippen LogP) is 5.02. The van der Waals surface area contributed by atoms with Gasteiger partial charge in [-0.1, -0.05) is 15.9 Å². The minimum atomic E-state index is -0.649. The van der Waals surface area contributed by atoms with Crippen molar-refractivity contribution in [2.75, 3.05) is 6.61 Å². The van der Waals surface area contributed by atoms with Gasteiger partial charge >= 0.3 is 5.97 Å². The fourth-order valence-corrected chi connectivity index (χ4v) is 2.98. The highest BCUT2D eigenvalue weighted by Crippen LogP contribution is 2.32. The van der Waals surface area contributed by atoms with Crippen LogP contribution < -0.4 is 10.2 Å². The molecule has 0 spiro atoms. The number of fused-ring (bicyclic) bond motifs is 1. The van der Waals surface area contributed by atoms with Gasteiger partial charge in [0.15, 0.2) is 0 Å². The van der Waals surface area contributed by atoms with Gasteiger partial charge in [0.1, 0.15) is 17.1 Å². The third-order valence-electron chi connectivity index (χ3n) is 3.47. The summed E-state index contributed by atoms with van der Waals surface area (Å²) >= 11 is 6.81. The van der Waals surface area contributed by atoms with Crippen LogP contribution in [0.3, 0.4) is 0 Å². The van der Waals surface area contributed by atoms with Crippen molar-refractivity contribution < 1.29 is 14.3 Å². The number of H-pyrrole nitrogens is 1. The van der Waals surface area contributed by atoms with Crippen molar-refractivity contribution in [2.45, 2.75) is 6.92 Å². The maximum Gasteiger partial charge on any atom is 0.343 e. The number of pyridine rings is 1. The summed E-state index contributed by atoms with van der Waals surface area (Å²) in [6.45, 7) is 1.89. The van der Waals surface area contributed by atoms with Crippen molar-refractivity contribution in [2.24, 2.45) is 0 Å². The molecule has 0 fully saturated rings. The van der Waals surface area contributed by atoms with Crippen LogP contribution in [0.5, 0.6) is 11.5 Å². The number of halogens is 2. The molecule has 0 bridgehead atoms. The van der Waals surface area contributed by atoms with E-state index in [1.165, 1.54) is 6.20 Å². The molecule has 0 aliphatic carbocycles. The van der Waals surface area contributed by atoms with Crippen LogP contribution in [-0.4, -0.2) is 17.6 Å². The Hall–Kier alpha value is -2.12. The van der Waals surface area contributed by atoms with Gasteiger partial charge in [-0.05, 0) is 59.3 Å². The molecule has 3 aromatic rings. The standard InChI is InChI=1S/C18H13Br2NO4/c1-2-24-18(23)13-9-21-15-8-14(20)16(7-12(15)17(13)22)25-11-5-3-10(19)4-6-11/h3-9H,2H2,1H3,(H,21,22). The average Bonchev–Trinajstić information content (AvgIpc) is 2.58. The van der Waals surface area contributed by atoms with Crippen molar-refractivity contribution >= 4 is 48.7 Å². The third kappa shape index (κ3) is 3.77. The van der Waals surface area contributed by atoms with Crippen LogP contribution in [0, 0.1) is 0 Å². The van der Waals surface area contributed by atoms with E-state index < -0.39 is 11.4 Å². The second kappa shape index (κ2) is 7.41. The minimum absolute atomic E-state index is 0.0359. The molecular weight excluding hydrogens is 454 g/mol. The summed E-state index contributed by atoms with van der Waals surface area (Å²) < 4.78 is 12.4. The first-order chi connectivity index (χ1) is 12.0. The summed E-state index contributed by atoms with van der Waals surface area (Å²) in [4.78, 5) is 27.5. The molecule has 2 aromatic carbocycles. The van der Waals surface area contributed by atoms with E-state index in [0.717, 1.165) is 4.47 Å². The summed E-state index contributed by atoms with van der Waals surface area (Å²) in [5, 5.41) is 0.348. The van der Waals surface area contributed by atoms with E-state index in [1.807, 2.05) is 12.1 Å². The fourth-order valence-electron chi connectivity index (χ4n) is 2.29. The quantitative estimate of drug-likeness (QED) is 0.548. The van der Waals surface area contributed by atoms with Crippen molar-refractivity contribution in [1.82, 2.24) is 4.98 Å². The molecule has 0 saturated heterocycles. The summed E-state index contributed by atoms with van der Waals surface area (Å²) in [5.41, 5.74) is 0.152. The van der Waals surface area contributed by atoms with Gasteiger partial charge in [0.05, 0.1) is 22.0 Å². The maximum atomic E-state index is 12.6. The largest absolute Gasteiger partial charge is 0.462 e. The van der Waals surface area contributed by atoms with E-state index in [4.69, 9.17) is 9.47 Å². The number of benzene rings is 2. The van der Waals surface area contributed by atoms with E-state index >= 15 is 0 Å². The molecule has 0 radical (unpaired) electrons. The number of hydrogen-bond acceptors (Lipinski definition) is 4. The molecule has 0 amide bonds. The normalized spacial score (nSPS) is 10.7. The summed E-state index contributed by atoms with van der Waals surface area (Å²) in [7, 11) is 0. The van der Waals surface area contributed by atoms with Gasteiger partial charge in [0.25, 0.3) is 0 Å². The number of aromatic nitrogens is 1. The molecule has 0 aliphatic rings. The molecule has 7 heteroatoms. The van der Waals surface area contributed by atoms with Crippen LogP contribution in [0.2, 0.25) is 0 Å². The molecule has 0 atom stereocenters. The molecule has 25 heavy (non-hydrogen) atoms. The van der Waals surface area contributed by atoms with E-state index in [0.29, 0.717) is 26.9 Å². The van der Waals surface area contributed by atoms with Crippen LogP contribution >= 0.6 is 31.9 Å². The topological polar surface area (TPSA) is 68.4 Å². The zero-order valence-electron chi connectivity index (χ0n) is 13.1. The first-order valence-corrected chi connectivity index (χ1v) is 9.03. The average molecular weight is 467 g/mol. The van der Waals surface area contributed by atoms with Gasteiger partial charge in [-0.15, -0.1) is 0 Å². The lowest BCUT2D eigenvalue weighted by atomic mass is 10.1. The molecule has 5 nitrogen and oxygen atoms in total. The second-order valence-electron chi connectivity index (χ2n) is 5.14. The monoisotopic (exact) mass is 465 g/mol. The Bertz CT molecular complexity index is 996. The lowest BCUT2D eigenvalue weighted by molar-refractivity contribution is 0.0524. The Kier molecular flexibility index (Phi) is 5.24. The lowest BCUT2D eigenvalue weighted by Gasteiger charge is -2.10. The van der Waals surface area contributed by atoms with E-state index in [1.54, 1.807) is 31.2 Å². The number of carbonyl (C=O) groups excluding carboxylic acids is 1. The highest BCUT2D eigenvalue weighted by Gasteiger charge is 2.16. The van der Waals surface area contributed by atoms with Crippen molar-refractivity contribution in [3.63, 3.8) is 0 Å². The predicted molar refractivity (Wildman–Crippen MR) is 102 cm³/mol. The number of rotatable bonds is 4. The number of esters is 1. The number of nitrogens with one attached hydrogen (secondary N) is 1. The van der Waals surface area contributed by atoms with Crippen LogP contribution in [-0.2, 0) is 4.74 Å². The van der Waals surface area contributed by atoms with Gasteiger partial charge in [-0.2, -0.15) is 0 Å². The first-order valence-electron chi connectivity index (χ1n) is 7.45. The first kappa shape index (κ1) is 17.7. The van der Waals surface area contributed by atoms with Gasteiger partial charge in [-0.25, -0.2) is 4.79 Å². The zero-order chi connectivity index (χ0) is 18.0. The third-order valence-corrected chi connectivity index (χ3v) is 4.62. The number of ether oxygens (including phenoxy) is 2. The molecule has 1 heterocycles. The van der Waals surface area contributed by atoms with Gasteiger partial charge in [0, 0.05) is 10.7 Å². The molecular formula is C18H13Br2NO4. The van der Waals surface area contributed by atoms with Gasteiger partial charge < -0.3 is 14.5 Å². The van der Waals surface area contributed by atoms with Crippen molar-refractivity contribution in [1.29, 1.82) is 0 Å². The molecule has 1 N–H and O–H groups in total. The lowest BCUT2D eigenvalue weighted by Crippen LogP contribution is -2.18. The fraction of sp³-hybridized carbons (Fsp3) is 0.111. The number of carbonyl (C=O) groups is 1.